The number of thioether (sulfide) groups is 1. The number of amides is 2. The van der Waals surface area contributed by atoms with E-state index in [1.54, 1.807) is 0 Å². The Labute approximate surface area is 334 Å². The van der Waals surface area contributed by atoms with Gasteiger partial charge in [0.25, 0.3) is 0 Å². The number of rotatable bonds is 39. The molecule has 0 aromatic rings. The van der Waals surface area contributed by atoms with Crippen molar-refractivity contribution in [3.8, 4) is 0 Å². The highest BCUT2D eigenvalue weighted by Crippen LogP contribution is 2.33. The maximum atomic E-state index is 11.1. The van der Waals surface area contributed by atoms with Crippen LogP contribution in [-0.4, -0.2) is 53.4 Å². The zero-order valence-corrected chi connectivity index (χ0v) is 36.2. The van der Waals surface area contributed by atoms with Crippen molar-refractivity contribution < 1.29 is 19.4 Å². The van der Waals surface area contributed by atoms with Crippen molar-refractivity contribution >= 4 is 23.8 Å². The van der Waals surface area contributed by atoms with E-state index in [9.17, 15) is 9.59 Å². The molecule has 0 bridgehead atoms. The van der Waals surface area contributed by atoms with Crippen LogP contribution in [-0.2, 0) is 9.53 Å². The van der Waals surface area contributed by atoms with Crippen molar-refractivity contribution in [1.29, 1.82) is 0 Å². The van der Waals surface area contributed by atoms with Gasteiger partial charge in [-0.2, -0.15) is 11.8 Å². The van der Waals surface area contributed by atoms with Crippen LogP contribution >= 0.6 is 11.8 Å². The Morgan fingerprint density at radius 1 is 0.547 bits per heavy atom. The summed E-state index contributed by atoms with van der Waals surface area (Å²) in [5.74, 6) is 0.236. The molecule has 3 N–H and O–H groups in total. The Kier molecular flexibility index (Phi) is 37.1. The van der Waals surface area contributed by atoms with Gasteiger partial charge in [0.05, 0.1) is 12.1 Å². The van der Waals surface area contributed by atoms with E-state index in [0.717, 1.165) is 38.2 Å². The SMILES string of the molecule is CCCCCCCCCCCCCCCCCCOCCCCCCCCCCCCCCCCCC.O=C(O)CCCC[C@@H]1SC[C@@H]2NC(=O)N[C@@H]21. The summed E-state index contributed by atoms with van der Waals surface area (Å²) in [5, 5.41) is 14.8. The van der Waals surface area contributed by atoms with Gasteiger partial charge in [0.2, 0.25) is 0 Å². The first-order chi connectivity index (χ1) is 26.1. The van der Waals surface area contributed by atoms with E-state index in [1.165, 1.54) is 205 Å². The van der Waals surface area contributed by atoms with Crippen molar-refractivity contribution in [3.05, 3.63) is 0 Å². The van der Waals surface area contributed by atoms with Crippen molar-refractivity contribution in [2.45, 2.75) is 262 Å². The molecule has 0 aromatic heterocycles. The van der Waals surface area contributed by atoms with Crippen LogP contribution in [0.15, 0.2) is 0 Å². The van der Waals surface area contributed by atoms with E-state index in [0.29, 0.717) is 5.25 Å². The van der Waals surface area contributed by atoms with E-state index in [2.05, 4.69) is 24.5 Å². The summed E-state index contributed by atoms with van der Waals surface area (Å²) in [6, 6.07) is 0.440. The fourth-order valence-electron chi connectivity index (χ4n) is 7.87. The number of ether oxygens (including phenoxy) is 1. The van der Waals surface area contributed by atoms with Crippen molar-refractivity contribution in [1.82, 2.24) is 10.6 Å². The maximum Gasteiger partial charge on any atom is 0.315 e. The van der Waals surface area contributed by atoms with Gasteiger partial charge in [-0.1, -0.05) is 213 Å². The molecule has 2 rings (SSSR count). The molecular weight excluding hydrogens is 677 g/mol. The minimum Gasteiger partial charge on any atom is -0.481 e. The van der Waals surface area contributed by atoms with Crippen molar-refractivity contribution in [2.24, 2.45) is 0 Å². The van der Waals surface area contributed by atoms with Gasteiger partial charge in [-0.3, -0.25) is 4.79 Å². The highest BCUT2D eigenvalue weighted by molar-refractivity contribution is 8.00. The first-order valence-electron chi connectivity index (χ1n) is 23.6. The summed E-state index contributed by atoms with van der Waals surface area (Å²) < 4.78 is 5.87. The summed E-state index contributed by atoms with van der Waals surface area (Å²) in [4.78, 5) is 21.5. The number of hydrogen-bond donors (Lipinski definition) is 3. The second-order valence-electron chi connectivity index (χ2n) is 16.5. The fraction of sp³-hybridized carbons (Fsp3) is 0.957. The fourth-order valence-corrected chi connectivity index (χ4v) is 9.41. The van der Waals surface area contributed by atoms with Crippen LogP contribution in [0.2, 0.25) is 0 Å². The number of unbranched alkanes of at least 4 members (excludes halogenated alkanes) is 31. The molecule has 0 aliphatic carbocycles. The van der Waals surface area contributed by atoms with Crippen molar-refractivity contribution in [3.63, 3.8) is 0 Å². The second kappa shape index (κ2) is 39.3. The largest absolute Gasteiger partial charge is 0.481 e. The molecule has 2 aliphatic heterocycles. The summed E-state index contributed by atoms with van der Waals surface area (Å²) in [7, 11) is 0. The van der Waals surface area contributed by atoms with E-state index in [-0.39, 0.29) is 24.5 Å². The minimum atomic E-state index is -0.729. The topological polar surface area (TPSA) is 87.7 Å². The molecule has 3 atom stereocenters. The predicted molar refractivity (Wildman–Crippen MR) is 232 cm³/mol. The van der Waals surface area contributed by atoms with Gasteiger partial charge in [-0.25, -0.2) is 4.79 Å². The third-order valence-corrected chi connectivity index (χ3v) is 12.9. The average Bonchev–Trinajstić information content (AvgIpc) is 3.71. The monoisotopic (exact) mass is 767 g/mol. The smallest absolute Gasteiger partial charge is 0.315 e. The van der Waals surface area contributed by atoms with Gasteiger partial charge in [-0.15, -0.1) is 0 Å². The molecule has 2 amide bonds. The molecule has 53 heavy (non-hydrogen) atoms. The summed E-state index contributed by atoms with van der Waals surface area (Å²) in [5.41, 5.74) is 0. The Bertz CT molecular complexity index is 765. The van der Waals surface area contributed by atoms with Gasteiger partial charge in [0.15, 0.2) is 0 Å². The lowest BCUT2D eigenvalue weighted by Crippen LogP contribution is -2.36. The number of nitrogens with one attached hydrogen (secondary N) is 2. The van der Waals surface area contributed by atoms with Gasteiger partial charge < -0.3 is 20.5 Å². The number of carbonyl (C=O) groups excluding carboxylic acids is 1. The number of carbonyl (C=O) groups is 2. The minimum absolute atomic E-state index is 0.0640. The van der Waals surface area contributed by atoms with E-state index < -0.39 is 5.97 Å². The van der Waals surface area contributed by atoms with Gasteiger partial charge >= 0.3 is 12.0 Å². The van der Waals surface area contributed by atoms with E-state index in [1.807, 2.05) is 11.8 Å². The maximum absolute atomic E-state index is 11.1. The Hall–Kier alpha value is -0.950. The summed E-state index contributed by atoms with van der Waals surface area (Å²) in [6.45, 7) is 6.60. The zero-order valence-electron chi connectivity index (χ0n) is 35.4. The van der Waals surface area contributed by atoms with Gasteiger partial charge in [-0.05, 0) is 25.7 Å². The summed E-state index contributed by atoms with van der Waals surface area (Å²) >= 11 is 1.87. The van der Waals surface area contributed by atoms with Gasteiger partial charge in [0, 0.05) is 30.6 Å². The first-order valence-corrected chi connectivity index (χ1v) is 24.6. The van der Waals surface area contributed by atoms with Crippen LogP contribution in [0, 0.1) is 0 Å². The molecule has 0 saturated carbocycles. The lowest BCUT2D eigenvalue weighted by atomic mass is 10.0. The lowest BCUT2D eigenvalue weighted by molar-refractivity contribution is -0.137. The molecule has 314 valence electrons. The van der Waals surface area contributed by atoms with E-state index in [4.69, 9.17) is 9.84 Å². The molecule has 2 aliphatic rings. The molecule has 0 aromatic carbocycles. The number of carboxylic acid groups (broad SMARTS) is 1. The zero-order chi connectivity index (χ0) is 38.3. The van der Waals surface area contributed by atoms with E-state index >= 15 is 0 Å². The molecule has 6 nitrogen and oxygen atoms in total. The number of carboxylic acids is 1. The highest BCUT2D eigenvalue weighted by Gasteiger charge is 2.42. The number of hydrogen-bond acceptors (Lipinski definition) is 4. The van der Waals surface area contributed by atoms with Crippen molar-refractivity contribution in [2.75, 3.05) is 19.0 Å². The quantitative estimate of drug-likeness (QED) is 0.0428. The van der Waals surface area contributed by atoms with Crippen LogP contribution < -0.4 is 10.6 Å². The first kappa shape index (κ1) is 50.1. The van der Waals surface area contributed by atoms with Crippen LogP contribution in [0.25, 0.3) is 0 Å². The third kappa shape index (κ3) is 33.0. The summed E-state index contributed by atoms with van der Waals surface area (Å²) in [6.07, 6.45) is 48.9. The number of aliphatic carboxylic acids is 1. The molecule has 2 heterocycles. The van der Waals surface area contributed by atoms with Crippen LogP contribution in [0.5, 0.6) is 0 Å². The molecule has 7 heteroatoms. The molecular formula is C46H90N2O4S. The van der Waals surface area contributed by atoms with Crippen LogP contribution in [0.3, 0.4) is 0 Å². The number of urea groups is 1. The molecule has 2 saturated heterocycles. The third-order valence-electron chi connectivity index (χ3n) is 11.4. The Morgan fingerprint density at radius 2 is 0.906 bits per heavy atom. The normalized spacial score (nSPS) is 17.7. The lowest BCUT2D eigenvalue weighted by Gasteiger charge is -2.16. The Balaban J connectivity index is 0.000000718. The average molecular weight is 767 g/mol. The molecule has 0 radical (unpaired) electrons. The highest BCUT2D eigenvalue weighted by atomic mass is 32.2. The number of fused-ring (bicyclic) bond motifs is 1. The molecule has 2 fully saturated rings. The Morgan fingerprint density at radius 3 is 1.26 bits per heavy atom. The molecule has 0 spiro atoms. The molecule has 0 unspecified atom stereocenters. The van der Waals surface area contributed by atoms with Gasteiger partial charge in [0.1, 0.15) is 0 Å². The van der Waals surface area contributed by atoms with Crippen LogP contribution in [0.1, 0.15) is 245 Å². The standard InChI is InChI=1S/C36H74O.C10H16N2O3S/c1-3-5-7-9-11-13-15-17-19-21-23-25-27-29-31-33-35-37-36-34-32-30-28-26-24-22-20-18-16-14-12-10-8-6-4-2;13-8(14)4-2-1-3-7-9-6(5-16-7)11-10(15)12-9/h3-36H2,1-2H3;6-7,9H,1-5H2,(H,13,14)(H2,11,12,15)/t;6-,7-,9-/m.0/s1. The second-order valence-corrected chi connectivity index (χ2v) is 17.8. The van der Waals surface area contributed by atoms with Crippen LogP contribution in [0.4, 0.5) is 4.79 Å². The predicted octanol–water partition coefficient (Wildman–Crippen LogP) is 14.3.